The monoisotopic (exact) mass is 242 g/mol. The number of rotatable bonds is 3. The summed E-state index contributed by atoms with van der Waals surface area (Å²) in [6, 6.07) is 7.59. The Bertz CT molecular complexity index is 657. The summed E-state index contributed by atoms with van der Waals surface area (Å²) in [5.41, 5.74) is 9.45. The maximum absolute atomic E-state index is 5.75. The van der Waals surface area contributed by atoms with Gasteiger partial charge >= 0.3 is 0 Å². The minimum Gasteiger partial charge on any atom is -0.472 e. The number of nitrogens with zero attached hydrogens (tertiary/aromatic N) is 2. The van der Waals surface area contributed by atoms with Gasteiger partial charge in [0.25, 0.3) is 0 Å². The largest absolute Gasteiger partial charge is 0.472 e. The van der Waals surface area contributed by atoms with Crippen LogP contribution in [-0.2, 0) is 6.54 Å². The molecule has 5 nitrogen and oxygen atoms in total. The highest BCUT2D eigenvalue weighted by Gasteiger charge is 2.08. The number of nitrogen functional groups attached to an aromatic ring is 1. The molecule has 3 rings (SSSR count). The Balaban J connectivity index is 1.89. The van der Waals surface area contributed by atoms with Crippen molar-refractivity contribution < 1.29 is 4.42 Å². The molecule has 0 bridgehead atoms. The molecule has 0 saturated heterocycles. The van der Waals surface area contributed by atoms with E-state index in [1.807, 2.05) is 36.2 Å². The summed E-state index contributed by atoms with van der Waals surface area (Å²) in [5, 5.41) is 0. The fraction of sp³-hybridized carbons (Fsp3) is 0.154. The minimum atomic E-state index is 0.732. The molecule has 2 heterocycles. The van der Waals surface area contributed by atoms with Crippen LogP contribution in [0.4, 0.5) is 11.6 Å². The third-order valence-corrected chi connectivity index (χ3v) is 2.85. The van der Waals surface area contributed by atoms with Crippen LogP contribution < -0.4 is 10.6 Å². The Morgan fingerprint density at radius 2 is 2.28 bits per heavy atom. The van der Waals surface area contributed by atoms with Gasteiger partial charge in [0.2, 0.25) is 5.95 Å². The first-order valence-corrected chi connectivity index (χ1v) is 5.70. The topological polar surface area (TPSA) is 71.1 Å². The Morgan fingerprint density at radius 3 is 3.06 bits per heavy atom. The maximum atomic E-state index is 5.75. The van der Waals surface area contributed by atoms with E-state index in [9.17, 15) is 0 Å². The van der Waals surface area contributed by atoms with Crippen molar-refractivity contribution in [3.8, 4) is 0 Å². The summed E-state index contributed by atoms with van der Waals surface area (Å²) in [6.45, 7) is 0.742. The van der Waals surface area contributed by atoms with Gasteiger partial charge in [-0.3, -0.25) is 0 Å². The second kappa shape index (κ2) is 4.10. The van der Waals surface area contributed by atoms with Gasteiger partial charge in [-0.2, -0.15) is 0 Å². The van der Waals surface area contributed by atoms with Crippen LogP contribution in [0.1, 0.15) is 5.56 Å². The second-order valence-corrected chi connectivity index (χ2v) is 4.32. The van der Waals surface area contributed by atoms with E-state index in [-0.39, 0.29) is 0 Å². The molecule has 0 aliphatic rings. The maximum Gasteiger partial charge on any atom is 0.203 e. The van der Waals surface area contributed by atoms with Crippen molar-refractivity contribution in [2.45, 2.75) is 6.54 Å². The SMILES string of the molecule is CN(Cc1ccoc1)c1nc2ccc(N)cc2[nH]1. The van der Waals surface area contributed by atoms with Crippen LogP contribution in [0.2, 0.25) is 0 Å². The molecule has 18 heavy (non-hydrogen) atoms. The highest BCUT2D eigenvalue weighted by atomic mass is 16.3. The number of hydrogen-bond acceptors (Lipinski definition) is 4. The van der Waals surface area contributed by atoms with E-state index < -0.39 is 0 Å². The van der Waals surface area contributed by atoms with Gasteiger partial charge in [-0.05, 0) is 24.3 Å². The van der Waals surface area contributed by atoms with E-state index in [0.29, 0.717) is 0 Å². The fourth-order valence-corrected chi connectivity index (χ4v) is 1.93. The number of hydrogen-bond donors (Lipinski definition) is 2. The first-order chi connectivity index (χ1) is 8.72. The zero-order valence-corrected chi connectivity index (χ0v) is 10.1. The van der Waals surface area contributed by atoms with Gasteiger partial charge in [0.1, 0.15) is 0 Å². The molecular formula is C13H14N4O. The Kier molecular flexibility index (Phi) is 2.44. The number of nitrogens with one attached hydrogen (secondary N) is 1. The molecule has 3 N–H and O–H groups in total. The van der Waals surface area contributed by atoms with E-state index in [0.717, 1.165) is 34.8 Å². The number of aromatic nitrogens is 2. The van der Waals surface area contributed by atoms with Gasteiger partial charge in [0.05, 0.1) is 23.6 Å². The zero-order valence-electron chi connectivity index (χ0n) is 10.1. The van der Waals surface area contributed by atoms with Gasteiger partial charge < -0.3 is 20.0 Å². The molecule has 0 unspecified atom stereocenters. The minimum absolute atomic E-state index is 0.732. The smallest absolute Gasteiger partial charge is 0.203 e. The molecule has 0 aliphatic heterocycles. The number of H-pyrrole nitrogens is 1. The Morgan fingerprint density at radius 1 is 1.39 bits per heavy atom. The van der Waals surface area contributed by atoms with Crippen LogP contribution in [0.5, 0.6) is 0 Å². The quantitative estimate of drug-likeness (QED) is 0.692. The highest BCUT2D eigenvalue weighted by Crippen LogP contribution is 2.20. The predicted molar refractivity (Wildman–Crippen MR) is 71.3 cm³/mol. The van der Waals surface area contributed by atoms with Crippen molar-refractivity contribution in [2.75, 3.05) is 17.7 Å². The number of aromatic amines is 1. The number of imidazole rings is 1. The number of fused-ring (bicyclic) bond motifs is 1. The van der Waals surface area contributed by atoms with Crippen molar-refractivity contribution in [3.05, 3.63) is 42.4 Å². The van der Waals surface area contributed by atoms with Gasteiger partial charge in [-0.15, -0.1) is 0 Å². The molecule has 0 radical (unpaired) electrons. The fourth-order valence-electron chi connectivity index (χ4n) is 1.93. The summed E-state index contributed by atoms with van der Waals surface area (Å²) >= 11 is 0. The normalized spacial score (nSPS) is 10.9. The molecule has 0 saturated carbocycles. The first-order valence-electron chi connectivity index (χ1n) is 5.70. The molecule has 0 aliphatic carbocycles. The van der Waals surface area contributed by atoms with Crippen LogP contribution in [0, 0.1) is 0 Å². The summed E-state index contributed by atoms with van der Waals surface area (Å²) < 4.78 is 5.05. The molecular weight excluding hydrogens is 228 g/mol. The molecule has 3 aromatic rings. The molecule has 92 valence electrons. The van der Waals surface area contributed by atoms with Crippen LogP contribution >= 0.6 is 0 Å². The molecule has 1 aromatic carbocycles. The summed E-state index contributed by atoms with van der Waals surface area (Å²) in [4.78, 5) is 9.80. The van der Waals surface area contributed by atoms with Crippen molar-refractivity contribution in [1.29, 1.82) is 0 Å². The Hall–Kier alpha value is -2.43. The van der Waals surface area contributed by atoms with Gasteiger partial charge in [-0.25, -0.2) is 4.98 Å². The summed E-state index contributed by atoms with van der Waals surface area (Å²) in [6.07, 6.45) is 3.40. The van der Waals surface area contributed by atoms with E-state index in [1.165, 1.54) is 0 Å². The summed E-state index contributed by atoms with van der Waals surface area (Å²) in [5.74, 6) is 0.816. The van der Waals surface area contributed by atoms with Crippen LogP contribution in [0.3, 0.4) is 0 Å². The lowest BCUT2D eigenvalue weighted by Gasteiger charge is -2.13. The van der Waals surface area contributed by atoms with E-state index >= 15 is 0 Å². The third kappa shape index (κ3) is 1.90. The molecule has 2 aromatic heterocycles. The van der Waals surface area contributed by atoms with Crippen molar-refractivity contribution >= 4 is 22.7 Å². The van der Waals surface area contributed by atoms with Crippen LogP contribution in [-0.4, -0.2) is 17.0 Å². The van der Waals surface area contributed by atoms with Crippen molar-refractivity contribution in [2.24, 2.45) is 0 Å². The number of furan rings is 1. The molecule has 0 spiro atoms. The molecule has 0 atom stereocenters. The van der Waals surface area contributed by atoms with E-state index in [2.05, 4.69) is 9.97 Å². The van der Waals surface area contributed by atoms with Gasteiger partial charge in [0.15, 0.2) is 0 Å². The van der Waals surface area contributed by atoms with E-state index in [4.69, 9.17) is 10.2 Å². The zero-order chi connectivity index (χ0) is 12.5. The lowest BCUT2D eigenvalue weighted by molar-refractivity contribution is 0.563. The van der Waals surface area contributed by atoms with Gasteiger partial charge in [-0.1, -0.05) is 0 Å². The first kappa shape index (κ1) is 10.7. The molecule has 5 heteroatoms. The number of benzene rings is 1. The Labute approximate surface area is 104 Å². The number of anilines is 2. The average molecular weight is 242 g/mol. The average Bonchev–Trinajstić information content (AvgIpc) is 2.96. The van der Waals surface area contributed by atoms with Gasteiger partial charge in [0, 0.05) is 24.8 Å². The van der Waals surface area contributed by atoms with Crippen molar-refractivity contribution in [3.63, 3.8) is 0 Å². The predicted octanol–water partition coefficient (Wildman–Crippen LogP) is 2.37. The molecule has 0 fully saturated rings. The lowest BCUT2D eigenvalue weighted by atomic mass is 10.3. The summed E-state index contributed by atoms with van der Waals surface area (Å²) in [7, 11) is 1.98. The number of nitrogens with two attached hydrogens (primary N) is 1. The highest BCUT2D eigenvalue weighted by molar-refractivity contribution is 5.80. The molecule has 0 amide bonds. The second-order valence-electron chi connectivity index (χ2n) is 4.32. The standard InChI is InChI=1S/C13H14N4O/c1-17(7-9-4-5-18-8-9)13-15-11-3-2-10(14)6-12(11)16-13/h2-6,8H,7,14H2,1H3,(H,15,16). The van der Waals surface area contributed by atoms with Crippen LogP contribution in [0.15, 0.2) is 41.2 Å². The van der Waals surface area contributed by atoms with E-state index in [1.54, 1.807) is 12.5 Å². The van der Waals surface area contributed by atoms with Crippen LogP contribution in [0.25, 0.3) is 11.0 Å². The van der Waals surface area contributed by atoms with Crippen molar-refractivity contribution in [1.82, 2.24) is 9.97 Å². The third-order valence-electron chi connectivity index (χ3n) is 2.85. The lowest BCUT2D eigenvalue weighted by Crippen LogP contribution is -2.17.